The number of para-hydroxylation sites is 1. The Kier molecular flexibility index (Phi) is 5.11. The summed E-state index contributed by atoms with van der Waals surface area (Å²) in [6.07, 6.45) is 0.395. The molecule has 1 heterocycles. The Bertz CT molecular complexity index is 687. The number of carbonyl (C=O) groups excluding carboxylic acids is 2. The Morgan fingerprint density at radius 1 is 1.00 bits per heavy atom. The van der Waals surface area contributed by atoms with E-state index in [-0.39, 0.29) is 18.5 Å². The summed E-state index contributed by atoms with van der Waals surface area (Å²) in [5.74, 6) is 0.188. The standard InChI is InChI=1S/C19H19NO4/c21-18-14-24-19(22)17(11-12-23-16-9-5-2-6-10-16)20(18)13-15-7-3-1-4-8-15/h1-10,17H,11-14H2. The predicted octanol–water partition coefficient (Wildman–Crippen LogP) is 2.41. The van der Waals surface area contributed by atoms with Gasteiger partial charge in [-0.15, -0.1) is 0 Å². The van der Waals surface area contributed by atoms with Crippen LogP contribution in [0.4, 0.5) is 0 Å². The van der Waals surface area contributed by atoms with Crippen molar-refractivity contribution in [2.75, 3.05) is 13.2 Å². The lowest BCUT2D eigenvalue weighted by Gasteiger charge is -2.34. The molecule has 0 saturated carbocycles. The largest absolute Gasteiger partial charge is 0.494 e. The first-order valence-corrected chi connectivity index (χ1v) is 7.92. The van der Waals surface area contributed by atoms with Crippen LogP contribution in [0.5, 0.6) is 5.75 Å². The van der Waals surface area contributed by atoms with Crippen molar-refractivity contribution >= 4 is 11.9 Å². The van der Waals surface area contributed by atoms with Gasteiger partial charge in [-0.1, -0.05) is 48.5 Å². The zero-order valence-electron chi connectivity index (χ0n) is 13.3. The van der Waals surface area contributed by atoms with E-state index in [0.717, 1.165) is 11.3 Å². The molecule has 1 aliphatic heterocycles. The van der Waals surface area contributed by atoms with E-state index in [0.29, 0.717) is 19.6 Å². The van der Waals surface area contributed by atoms with Gasteiger partial charge in [0.05, 0.1) is 6.61 Å². The fourth-order valence-corrected chi connectivity index (χ4v) is 2.67. The minimum atomic E-state index is -0.616. The van der Waals surface area contributed by atoms with Crippen LogP contribution < -0.4 is 4.74 Å². The normalized spacial score (nSPS) is 17.5. The zero-order valence-corrected chi connectivity index (χ0v) is 13.3. The summed E-state index contributed by atoms with van der Waals surface area (Å²) >= 11 is 0. The van der Waals surface area contributed by atoms with Gasteiger partial charge in [0.1, 0.15) is 11.8 Å². The van der Waals surface area contributed by atoms with Crippen molar-refractivity contribution < 1.29 is 19.1 Å². The maximum atomic E-state index is 12.2. The first-order chi connectivity index (χ1) is 11.7. The van der Waals surface area contributed by atoms with E-state index in [9.17, 15) is 9.59 Å². The number of benzene rings is 2. The molecule has 1 unspecified atom stereocenters. The molecule has 0 N–H and O–H groups in total. The Morgan fingerprint density at radius 2 is 1.67 bits per heavy atom. The van der Waals surface area contributed by atoms with Crippen molar-refractivity contribution in [1.29, 1.82) is 0 Å². The second kappa shape index (κ2) is 7.64. The van der Waals surface area contributed by atoms with Gasteiger partial charge in [0.2, 0.25) is 0 Å². The Hall–Kier alpha value is -2.82. The molecule has 0 bridgehead atoms. The average Bonchev–Trinajstić information content (AvgIpc) is 2.62. The highest BCUT2D eigenvalue weighted by molar-refractivity contribution is 5.90. The van der Waals surface area contributed by atoms with Gasteiger partial charge in [-0.25, -0.2) is 4.79 Å². The Morgan fingerprint density at radius 3 is 2.38 bits per heavy atom. The van der Waals surface area contributed by atoms with Crippen molar-refractivity contribution in [3.63, 3.8) is 0 Å². The van der Waals surface area contributed by atoms with Crippen LogP contribution in [-0.4, -0.2) is 36.0 Å². The van der Waals surface area contributed by atoms with Gasteiger partial charge in [-0.05, 0) is 17.7 Å². The molecule has 0 aromatic heterocycles. The molecule has 1 amide bonds. The van der Waals surface area contributed by atoms with Crippen LogP contribution in [0.3, 0.4) is 0 Å². The van der Waals surface area contributed by atoms with Gasteiger partial charge >= 0.3 is 5.97 Å². The van der Waals surface area contributed by atoms with Crippen LogP contribution in [0.1, 0.15) is 12.0 Å². The SMILES string of the molecule is O=C1OCC(=O)N(Cc2ccccc2)C1CCOc1ccccc1. The van der Waals surface area contributed by atoms with Gasteiger partial charge in [0.15, 0.2) is 6.61 Å². The molecule has 5 nitrogen and oxygen atoms in total. The van der Waals surface area contributed by atoms with Crippen LogP contribution in [-0.2, 0) is 20.9 Å². The third-order valence-corrected chi connectivity index (χ3v) is 3.91. The lowest BCUT2D eigenvalue weighted by atomic mass is 10.1. The topological polar surface area (TPSA) is 55.8 Å². The number of ether oxygens (including phenoxy) is 2. The highest BCUT2D eigenvalue weighted by atomic mass is 16.5. The molecule has 0 spiro atoms. The van der Waals surface area contributed by atoms with E-state index < -0.39 is 6.04 Å². The van der Waals surface area contributed by atoms with Crippen molar-refractivity contribution in [2.24, 2.45) is 0 Å². The molecule has 1 fully saturated rings. The third kappa shape index (κ3) is 3.93. The van der Waals surface area contributed by atoms with Crippen molar-refractivity contribution in [3.05, 3.63) is 66.2 Å². The summed E-state index contributed by atoms with van der Waals surface area (Å²) in [4.78, 5) is 25.9. The molecule has 0 radical (unpaired) electrons. The molecule has 1 atom stereocenters. The second-order valence-corrected chi connectivity index (χ2v) is 5.58. The minimum Gasteiger partial charge on any atom is -0.494 e. The van der Waals surface area contributed by atoms with Crippen LogP contribution in [0, 0.1) is 0 Å². The first-order valence-electron chi connectivity index (χ1n) is 7.92. The van der Waals surface area contributed by atoms with E-state index in [1.807, 2.05) is 60.7 Å². The van der Waals surface area contributed by atoms with Gasteiger partial charge in [-0.3, -0.25) is 4.79 Å². The molecular weight excluding hydrogens is 306 g/mol. The van der Waals surface area contributed by atoms with E-state index >= 15 is 0 Å². The third-order valence-electron chi connectivity index (χ3n) is 3.91. The highest BCUT2D eigenvalue weighted by Gasteiger charge is 2.36. The van der Waals surface area contributed by atoms with Gasteiger partial charge in [-0.2, -0.15) is 0 Å². The number of morpholine rings is 1. The summed E-state index contributed by atoms with van der Waals surface area (Å²) in [7, 11) is 0. The molecular formula is C19H19NO4. The minimum absolute atomic E-state index is 0.178. The predicted molar refractivity (Wildman–Crippen MR) is 88.3 cm³/mol. The van der Waals surface area contributed by atoms with E-state index in [4.69, 9.17) is 9.47 Å². The zero-order chi connectivity index (χ0) is 16.8. The summed E-state index contributed by atoms with van der Waals surface area (Å²) in [5, 5.41) is 0. The lowest BCUT2D eigenvalue weighted by molar-refractivity contribution is -0.170. The maximum Gasteiger partial charge on any atom is 0.329 e. The highest BCUT2D eigenvalue weighted by Crippen LogP contribution is 2.18. The molecule has 1 aliphatic rings. The number of carbonyl (C=O) groups is 2. The Labute approximate surface area is 140 Å². The fourth-order valence-electron chi connectivity index (χ4n) is 2.67. The van der Waals surface area contributed by atoms with Crippen molar-refractivity contribution in [1.82, 2.24) is 4.90 Å². The lowest BCUT2D eigenvalue weighted by Crippen LogP contribution is -2.52. The average molecular weight is 325 g/mol. The Balaban J connectivity index is 1.65. The van der Waals surface area contributed by atoms with Crippen LogP contribution in [0.2, 0.25) is 0 Å². The molecule has 3 rings (SSSR count). The molecule has 5 heteroatoms. The quantitative estimate of drug-likeness (QED) is 0.765. The van der Waals surface area contributed by atoms with E-state index in [1.165, 1.54) is 0 Å². The van der Waals surface area contributed by atoms with Crippen molar-refractivity contribution in [2.45, 2.75) is 19.0 Å². The summed E-state index contributed by atoms with van der Waals surface area (Å²) in [6, 6.07) is 18.4. The number of esters is 1. The number of amides is 1. The van der Waals surface area contributed by atoms with Gasteiger partial charge in [0.25, 0.3) is 5.91 Å². The van der Waals surface area contributed by atoms with E-state index in [2.05, 4.69) is 0 Å². The molecule has 124 valence electrons. The number of rotatable bonds is 6. The monoisotopic (exact) mass is 325 g/mol. The summed E-state index contributed by atoms with van der Waals surface area (Å²) in [6.45, 7) is 0.537. The number of nitrogens with zero attached hydrogens (tertiary/aromatic N) is 1. The number of cyclic esters (lactones) is 1. The molecule has 2 aromatic rings. The van der Waals surface area contributed by atoms with Crippen molar-refractivity contribution in [3.8, 4) is 5.75 Å². The number of hydrogen-bond acceptors (Lipinski definition) is 4. The van der Waals surface area contributed by atoms with Gasteiger partial charge in [0, 0.05) is 13.0 Å². The van der Waals surface area contributed by atoms with Crippen LogP contribution in [0.25, 0.3) is 0 Å². The van der Waals surface area contributed by atoms with Gasteiger partial charge < -0.3 is 14.4 Å². The van der Waals surface area contributed by atoms with E-state index in [1.54, 1.807) is 4.90 Å². The molecule has 1 saturated heterocycles. The van der Waals surface area contributed by atoms with Crippen LogP contribution in [0.15, 0.2) is 60.7 Å². The fraction of sp³-hybridized carbons (Fsp3) is 0.263. The maximum absolute atomic E-state index is 12.2. The second-order valence-electron chi connectivity index (χ2n) is 5.58. The molecule has 0 aliphatic carbocycles. The number of hydrogen-bond donors (Lipinski definition) is 0. The van der Waals surface area contributed by atoms with Crippen LogP contribution >= 0.6 is 0 Å². The summed E-state index contributed by atoms with van der Waals surface area (Å²) < 4.78 is 10.6. The first kappa shape index (κ1) is 16.1. The summed E-state index contributed by atoms with van der Waals surface area (Å²) in [5.41, 5.74) is 0.981. The smallest absolute Gasteiger partial charge is 0.329 e. The molecule has 24 heavy (non-hydrogen) atoms. The molecule has 2 aromatic carbocycles.